The Balaban J connectivity index is 1.64. The molecule has 0 unspecified atom stereocenters. The van der Waals surface area contributed by atoms with Crippen LogP contribution in [0.5, 0.6) is 5.75 Å². The van der Waals surface area contributed by atoms with Gasteiger partial charge in [-0.05, 0) is 50.6 Å². The van der Waals surface area contributed by atoms with Crippen LogP contribution in [0.4, 0.5) is 5.69 Å². The molecule has 1 aliphatic heterocycles. The predicted molar refractivity (Wildman–Crippen MR) is 117 cm³/mol. The van der Waals surface area contributed by atoms with E-state index < -0.39 is 0 Å². The van der Waals surface area contributed by atoms with Crippen LogP contribution in [0.1, 0.15) is 25.3 Å². The standard InChI is InChI=1S/C23H27N5O2/c1-3-30-20-12-21(22-18(13-24)14-26-28(22)15-20)17-4-6-19(7-5-17)27-10-8-23(16-29,25-2)9-11-27/h4-7,12,14-15,25,29H,3,8-11,16H2,1-2H3. The van der Waals surface area contributed by atoms with Crippen LogP contribution in [0.3, 0.4) is 0 Å². The molecule has 7 nitrogen and oxygen atoms in total. The van der Waals surface area contributed by atoms with Crippen LogP contribution in [0.25, 0.3) is 16.6 Å². The van der Waals surface area contributed by atoms with Gasteiger partial charge in [0.15, 0.2) is 0 Å². The fraction of sp³-hybridized carbons (Fsp3) is 0.391. The summed E-state index contributed by atoms with van der Waals surface area (Å²) in [7, 11) is 1.92. The summed E-state index contributed by atoms with van der Waals surface area (Å²) in [6.45, 7) is 4.46. The first-order valence-corrected chi connectivity index (χ1v) is 10.3. The van der Waals surface area contributed by atoms with Crippen LogP contribution in [-0.4, -0.2) is 53.6 Å². The van der Waals surface area contributed by atoms with Crippen molar-refractivity contribution >= 4 is 11.2 Å². The fourth-order valence-electron chi connectivity index (χ4n) is 4.18. The number of nitrogens with zero attached hydrogens (tertiary/aromatic N) is 4. The minimum atomic E-state index is -0.169. The van der Waals surface area contributed by atoms with E-state index in [1.165, 1.54) is 0 Å². The lowest BCUT2D eigenvalue weighted by Crippen LogP contribution is -2.54. The molecule has 3 heterocycles. The van der Waals surface area contributed by atoms with Crippen molar-refractivity contribution in [2.45, 2.75) is 25.3 Å². The Morgan fingerprint density at radius 1 is 1.27 bits per heavy atom. The van der Waals surface area contributed by atoms with Gasteiger partial charge in [0, 0.05) is 29.9 Å². The number of fused-ring (bicyclic) bond motifs is 1. The summed E-state index contributed by atoms with van der Waals surface area (Å²) in [5, 5.41) is 26.8. The lowest BCUT2D eigenvalue weighted by atomic mass is 9.88. The number of benzene rings is 1. The Labute approximate surface area is 176 Å². The van der Waals surface area contributed by atoms with Crippen molar-refractivity contribution in [3.8, 4) is 22.9 Å². The van der Waals surface area contributed by atoms with Gasteiger partial charge < -0.3 is 20.1 Å². The number of piperidine rings is 1. The Hall–Kier alpha value is -3.08. The molecule has 1 aliphatic rings. The van der Waals surface area contributed by atoms with E-state index in [2.05, 4.69) is 45.7 Å². The van der Waals surface area contributed by atoms with Gasteiger partial charge in [-0.25, -0.2) is 4.52 Å². The molecule has 0 radical (unpaired) electrons. The molecule has 3 aromatic rings. The molecule has 4 rings (SSSR count). The molecule has 1 aromatic carbocycles. The molecule has 156 valence electrons. The van der Waals surface area contributed by atoms with Crippen molar-refractivity contribution in [3.05, 3.63) is 48.3 Å². The van der Waals surface area contributed by atoms with E-state index in [1.54, 1.807) is 16.9 Å². The maximum Gasteiger partial charge on any atom is 0.138 e. The van der Waals surface area contributed by atoms with Crippen LogP contribution in [0.15, 0.2) is 42.7 Å². The minimum Gasteiger partial charge on any atom is -0.492 e. The van der Waals surface area contributed by atoms with Gasteiger partial charge >= 0.3 is 0 Å². The second-order valence-corrected chi connectivity index (χ2v) is 7.71. The number of ether oxygens (including phenoxy) is 1. The highest BCUT2D eigenvalue weighted by Gasteiger charge is 2.32. The molecule has 0 aliphatic carbocycles. The van der Waals surface area contributed by atoms with Gasteiger partial charge in [-0.1, -0.05) is 12.1 Å². The molecule has 2 N–H and O–H groups in total. The maximum absolute atomic E-state index is 9.71. The van der Waals surface area contributed by atoms with E-state index in [0.717, 1.165) is 54.0 Å². The van der Waals surface area contributed by atoms with Crippen molar-refractivity contribution in [3.63, 3.8) is 0 Å². The first-order chi connectivity index (χ1) is 14.6. The SMILES string of the molecule is CCOc1cc(-c2ccc(N3CCC(CO)(NC)CC3)cc2)c2c(C#N)cnn2c1. The highest BCUT2D eigenvalue weighted by Crippen LogP contribution is 2.33. The van der Waals surface area contributed by atoms with Crippen LogP contribution >= 0.6 is 0 Å². The molecule has 0 atom stereocenters. The predicted octanol–water partition coefficient (Wildman–Crippen LogP) is 2.82. The summed E-state index contributed by atoms with van der Waals surface area (Å²) in [5.41, 5.74) is 4.26. The number of rotatable bonds is 6. The van der Waals surface area contributed by atoms with Gasteiger partial charge in [0.05, 0.1) is 36.7 Å². The van der Waals surface area contributed by atoms with Crippen molar-refractivity contribution in [2.75, 3.05) is 38.3 Å². The van der Waals surface area contributed by atoms with Gasteiger partial charge in [0.25, 0.3) is 0 Å². The summed E-state index contributed by atoms with van der Waals surface area (Å²) in [6, 6.07) is 12.6. The number of nitriles is 1. The number of nitrogens with one attached hydrogen (secondary N) is 1. The molecule has 2 aromatic heterocycles. The lowest BCUT2D eigenvalue weighted by Gasteiger charge is -2.41. The number of anilines is 1. The van der Waals surface area contributed by atoms with Crippen LogP contribution in [0, 0.1) is 11.3 Å². The number of likely N-dealkylation sites (N-methyl/N-ethyl adjacent to an activating group) is 1. The third-order valence-corrected chi connectivity index (χ3v) is 6.12. The Morgan fingerprint density at radius 3 is 2.60 bits per heavy atom. The third kappa shape index (κ3) is 3.60. The topological polar surface area (TPSA) is 85.8 Å². The van der Waals surface area contributed by atoms with Crippen LogP contribution in [0.2, 0.25) is 0 Å². The highest BCUT2D eigenvalue weighted by atomic mass is 16.5. The number of hydrogen-bond acceptors (Lipinski definition) is 6. The second kappa shape index (κ2) is 8.34. The number of pyridine rings is 1. The number of aromatic nitrogens is 2. The molecule has 0 amide bonds. The summed E-state index contributed by atoms with van der Waals surface area (Å²) in [4.78, 5) is 2.35. The van der Waals surface area contributed by atoms with E-state index in [1.807, 2.05) is 20.0 Å². The first-order valence-electron chi connectivity index (χ1n) is 10.3. The number of aliphatic hydroxyl groups is 1. The van der Waals surface area contributed by atoms with E-state index in [0.29, 0.717) is 12.2 Å². The molecule has 0 saturated carbocycles. The summed E-state index contributed by atoms with van der Waals surface area (Å²) >= 11 is 0. The normalized spacial score (nSPS) is 15.9. The summed E-state index contributed by atoms with van der Waals surface area (Å²) in [5.74, 6) is 0.722. The zero-order chi connectivity index (χ0) is 21.1. The maximum atomic E-state index is 9.71. The van der Waals surface area contributed by atoms with Gasteiger partial charge in [0.2, 0.25) is 0 Å². The molecular weight excluding hydrogens is 378 g/mol. The molecule has 1 fully saturated rings. The monoisotopic (exact) mass is 405 g/mol. The van der Waals surface area contributed by atoms with Crippen LogP contribution in [-0.2, 0) is 0 Å². The van der Waals surface area contributed by atoms with E-state index >= 15 is 0 Å². The molecule has 0 spiro atoms. The van der Waals surface area contributed by atoms with Gasteiger partial charge in [-0.15, -0.1) is 0 Å². The van der Waals surface area contributed by atoms with Gasteiger partial charge in [-0.3, -0.25) is 0 Å². The average Bonchev–Trinajstić information content (AvgIpc) is 3.22. The number of hydrogen-bond donors (Lipinski definition) is 2. The summed E-state index contributed by atoms with van der Waals surface area (Å²) in [6.07, 6.45) is 5.20. The molecular formula is C23H27N5O2. The largest absolute Gasteiger partial charge is 0.492 e. The smallest absolute Gasteiger partial charge is 0.138 e. The third-order valence-electron chi connectivity index (χ3n) is 6.12. The van der Waals surface area contributed by atoms with Gasteiger partial charge in [0.1, 0.15) is 11.8 Å². The highest BCUT2D eigenvalue weighted by molar-refractivity contribution is 5.85. The Kier molecular flexibility index (Phi) is 5.62. The van der Waals surface area contributed by atoms with E-state index in [4.69, 9.17) is 4.74 Å². The number of aliphatic hydroxyl groups excluding tert-OH is 1. The zero-order valence-electron chi connectivity index (χ0n) is 17.4. The average molecular weight is 406 g/mol. The lowest BCUT2D eigenvalue weighted by molar-refractivity contribution is 0.142. The van der Waals surface area contributed by atoms with Crippen molar-refractivity contribution in [1.29, 1.82) is 5.26 Å². The second-order valence-electron chi connectivity index (χ2n) is 7.71. The zero-order valence-corrected chi connectivity index (χ0v) is 17.4. The van der Waals surface area contributed by atoms with Crippen molar-refractivity contribution in [1.82, 2.24) is 14.9 Å². The Bertz CT molecular complexity index is 1050. The fourth-order valence-corrected chi connectivity index (χ4v) is 4.18. The molecule has 1 saturated heterocycles. The molecule has 0 bridgehead atoms. The quantitative estimate of drug-likeness (QED) is 0.656. The van der Waals surface area contributed by atoms with E-state index in [9.17, 15) is 10.4 Å². The minimum absolute atomic E-state index is 0.162. The molecule has 30 heavy (non-hydrogen) atoms. The molecule has 7 heteroatoms. The van der Waals surface area contributed by atoms with E-state index in [-0.39, 0.29) is 12.1 Å². The van der Waals surface area contributed by atoms with Crippen molar-refractivity contribution in [2.24, 2.45) is 0 Å². The Morgan fingerprint density at radius 2 is 2.00 bits per heavy atom. The van der Waals surface area contributed by atoms with Gasteiger partial charge in [-0.2, -0.15) is 10.4 Å². The van der Waals surface area contributed by atoms with Crippen molar-refractivity contribution < 1.29 is 9.84 Å². The first kappa shape index (κ1) is 20.2. The summed E-state index contributed by atoms with van der Waals surface area (Å²) < 4.78 is 7.41. The van der Waals surface area contributed by atoms with Crippen LogP contribution < -0.4 is 15.0 Å².